The predicted octanol–water partition coefficient (Wildman–Crippen LogP) is 2.98. The van der Waals surface area contributed by atoms with Crippen molar-refractivity contribution < 1.29 is 4.42 Å². The molecule has 0 aliphatic carbocycles. The van der Waals surface area contributed by atoms with Crippen molar-refractivity contribution in [3.05, 3.63) is 29.5 Å². The quantitative estimate of drug-likeness (QED) is 0.847. The molecule has 2 aromatic heterocycles. The van der Waals surface area contributed by atoms with Crippen LogP contribution in [0, 0.1) is 13.8 Å². The standard InChI is InChI=1S/C12H15N3OS/c1-4-10-14-11(13)7(2)12(15-10)17-9-5-6-16-8(9)3/h5-6H,4H2,1-3H3,(H2,13,14,15). The molecule has 0 aliphatic heterocycles. The third kappa shape index (κ3) is 2.44. The number of nitrogen functional groups attached to an aromatic ring is 1. The van der Waals surface area contributed by atoms with E-state index >= 15 is 0 Å². The molecule has 0 saturated carbocycles. The van der Waals surface area contributed by atoms with Gasteiger partial charge < -0.3 is 10.2 Å². The van der Waals surface area contributed by atoms with Gasteiger partial charge in [0, 0.05) is 12.0 Å². The number of anilines is 1. The molecule has 5 heteroatoms. The van der Waals surface area contributed by atoms with E-state index in [0.29, 0.717) is 5.82 Å². The molecule has 4 nitrogen and oxygen atoms in total. The lowest BCUT2D eigenvalue weighted by molar-refractivity contribution is 0.527. The first-order chi connectivity index (χ1) is 8.11. The average Bonchev–Trinajstić information content (AvgIpc) is 2.70. The summed E-state index contributed by atoms with van der Waals surface area (Å²) in [7, 11) is 0. The lowest BCUT2D eigenvalue weighted by Crippen LogP contribution is -2.03. The Balaban J connectivity index is 2.38. The first-order valence-corrected chi connectivity index (χ1v) is 6.28. The van der Waals surface area contributed by atoms with Gasteiger partial charge in [-0.3, -0.25) is 0 Å². The molecule has 0 amide bonds. The van der Waals surface area contributed by atoms with E-state index in [9.17, 15) is 0 Å². The molecule has 90 valence electrons. The molecule has 2 rings (SSSR count). The van der Waals surface area contributed by atoms with Gasteiger partial charge in [-0.2, -0.15) is 0 Å². The van der Waals surface area contributed by atoms with Crippen LogP contribution in [0.5, 0.6) is 0 Å². The fourth-order valence-electron chi connectivity index (χ4n) is 1.40. The molecule has 2 heterocycles. The van der Waals surface area contributed by atoms with Gasteiger partial charge in [-0.15, -0.1) is 0 Å². The van der Waals surface area contributed by atoms with Crippen LogP contribution in [0.4, 0.5) is 5.82 Å². The van der Waals surface area contributed by atoms with Gasteiger partial charge in [-0.1, -0.05) is 18.7 Å². The van der Waals surface area contributed by atoms with Crippen molar-refractivity contribution in [3.8, 4) is 0 Å². The van der Waals surface area contributed by atoms with Gasteiger partial charge >= 0.3 is 0 Å². The molecule has 0 fully saturated rings. The first-order valence-electron chi connectivity index (χ1n) is 5.46. The number of nitrogens with zero attached hydrogens (tertiary/aromatic N) is 2. The van der Waals surface area contributed by atoms with Crippen LogP contribution in [-0.4, -0.2) is 9.97 Å². The maximum atomic E-state index is 5.88. The largest absolute Gasteiger partial charge is 0.468 e. The number of furan rings is 1. The molecule has 0 atom stereocenters. The van der Waals surface area contributed by atoms with Crippen LogP contribution in [0.25, 0.3) is 0 Å². The highest BCUT2D eigenvalue weighted by molar-refractivity contribution is 7.99. The van der Waals surface area contributed by atoms with Gasteiger partial charge in [0.25, 0.3) is 0 Å². The number of aryl methyl sites for hydroxylation is 2. The van der Waals surface area contributed by atoms with Crippen LogP contribution < -0.4 is 5.73 Å². The smallest absolute Gasteiger partial charge is 0.131 e. The average molecular weight is 249 g/mol. The molecule has 0 saturated heterocycles. The molecule has 17 heavy (non-hydrogen) atoms. The molecule has 0 aliphatic rings. The van der Waals surface area contributed by atoms with E-state index in [-0.39, 0.29) is 0 Å². The third-order valence-electron chi connectivity index (χ3n) is 2.52. The van der Waals surface area contributed by atoms with Crippen molar-refractivity contribution in [3.63, 3.8) is 0 Å². The Morgan fingerprint density at radius 2 is 2.12 bits per heavy atom. The van der Waals surface area contributed by atoms with E-state index in [1.165, 1.54) is 0 Å². The molecule has 0 radical (unpaired) electrons. The molecule has 0 bridgehead atoms. The molecule has 0 aromatic carbocycles. The number of hydrogen-bond acceptors (Lipinski definition) is 5. The Morgan fingerprint density at radius 3 is 2.71 bits per heavy atom. The van der Waals surface area contributed by atoms with Gasteiger partial charge in [0.05, 0.1) is 11.2 Å². The summed E-state index contributed by atoms with van der Waals surface area (Å²) in [5.74, 6) is 2.22. The summed E-state index contributed by atoms with van der Waals surface area (Å²) >= 11 is 1.57. The van der Waals surface area contributed by atoms with Gasteiger partial charge in [0.15, 0.2) is 0 Å². The number of rotatable bonds is 3. The summed E-state index contributed by atoms with van der Waals surface area (Å²) in [6.07, 6.45) is 2.46. The van der Waals surface area contributed by atoms with Crippen LogP contribution in [0.1, 0.15) is 24.1 Å². The van der Waals surface area contributed by atoms with E-state index in [0.717, 1.165) is 33.5 Å². The SMILES string of the molecule is CCc1nc(N)c(C)c(Sc2ccoc2C)n1. The van der Waals surface area contributed by atoms with Gasteiger partial charge in [-0.25, -0.2) is 9.97 Å². The zero-order valence-electron chi connectivity index (χ0n) is 10.2. The summed E-state index contributed by atoms with van der Waals surface area (Å²) in [4.78, 5) is 9.79. The summed E-state index contributed by atoms with van der Waals surface area (Å²) in [5, 5.41) is 0.902. The molecule has 0 spiro atoms. The van der Waals surface area contributed by atoms with Crippen molar-refractivity contribution in [2.24, 2.45) is 0 Å². The third-order valence-corrected chi connectivity index (χ3v) is 3.75. The van der Waals surface area contributed by atoms with E-state index in [4.69, 9.17) is 10.2 Å². The van der Waals surface area contributed by atoms with Crippen LogP contribution >= 0.6 is 11.8 Å². The van der Waals surface area contributed by atoms with E-state index in [1.807, 2.05) is 26.8 Å². The fraction of sp³-hybridized carbons (Fsp3) is 0.333. The highest BCUT2D eigenvalue weighted by Crippen LogP contribution is 2.32. The second kappa shape index (κ2) is 4.79. The van der Waals surface area contributed by atoms with Crippen LogP contribution in [-0.2, 0) is 6.42 Å². The number of nitrogens with two attached hydrogens (primary N) is 1. The first kappa shape index (κ1) is 12.0. The summed E-state index contributed by atoms with van der Waals surface area (Å²) in [6, 6.07) is 1.93. The van der Waals surface area contributed by atoms with Crippen LogP contribution in [0.2, 0.25) is 0 Å². The molecule has 2 aromatic rings. The second-order valence-corrected chi connectivity index (χ2v) is 4.78. The molecule has 2 N–H and O–H groups in total. The molecular formula is C12H15N3OS. The van der Waals surface area contributed by atoms with Gasteiger partial charge in [0.1, 0.15) is 22.4 Å². The number of aromatic nitrogens is 2. The Morgan fingerprint density at radius 1 is 1.35 bits per heavy atom. The van der Waals surface area contributed by atoms with Crippen molar-refractivity contribution in [2.45, 2.75) is 37.1 Å². The summed E-state index contributed by atoms with van der Waals surface area (Å²) in [5.41, 5.74) is 6.80. The van der Waals surface area contributed by atoms with Crippen LogP contribution in [0.15, 0.2) is 26.7 Å². The van der Waals surface area contributed by atoms with Crippen molar-refractivity contribution >= 4 is 17.6 Å². The monoisotopic (exact) mass is 249 g/mol. The van der Waals surface area contributed by atoms with Crippen LogP contribution in [0.3, 0.4) is 0 Å². The van der Waals surface area contributed by atoms with Gasteiger partial charge in [-0.05, 0) is 19.9 Å². The zero-order valence-corrected chi connectivity index (χ0v) is 11.0. The Bertz CT molecular complexity index is 537. The highest BCUT2D eigenvalue weighted by atomic mass is 32.2. The fourth-order valence-corrected chi connectivity index (χ4v) is 2.33. The molecule has 0 unspecified atom stereocenters. The van der Waals surface area contributed by atoms with Crippen molar-refractivity contribution in [2.75, 3.05) is 5.73 Å². The predicted molar refractivity (Wildman–Crippen MR) is 68.1 cm³/mol. The normalized spacial score (nSPS) is 10.8. The minimum atomic E-state index is 0.556. The second-order valence-electron chi connectivity index (χ2n) is 3.75. The Labute approximate surface area is 105 Å². The number of hydrogen-bond donors (Lipinski definition) is 1. The molecular weight excluding hydrogens is 234 g/mol. The lowest BCUT2D eigenvalue weighted by Gasteiger charge is -2.08. The highest BCUT2D eigenvalue weighted by Gasteiger charge is 2.11. The summed E-state index contributed by atoms with van der Waals surface area (Å²) in [6.45, 7) is 5.89. The minimum Gasteiger partial charge on any atom is -0.468 e. The Hall–Kier alpha value is -1.49. The topological polar surface area (TPSA) is 64.9 Å². The maximum Gasteiger partial charge on any atom is 0.131 e. The Kier molecular flexibility index (Phi) is 3.38. The summed E-state index contributed by atoms with van der Waals surface area (Å²) < 4.78 is 5.27. The van der Waals surface area contributed by atoms with Crippen molar-refractivity contribution in [1.82, 2.24) is 9.97 Å². The van der Waals surface area contributed by atoms with E-state index in [2.05, 4.69) is 9.97 Å². The van der Waals surface area contributed by atoms with E-state index < -0.39 is 0 Å². The van der Waals surface area contributed by atoms with Gasteiger partial charge in [0.2, 0.25) is 0 Å². The minimum absolute atomic E-state index is 0.556. The van der Waals surface area contributed by atoms with E-state index in [1.54, 1.807) is 18.0 Å². The maximum absolute atomic E-state index is 5.88. The zero-order chi connectivity index (χ0) is 12.4. The van der Waals surface area contributed by atoms with Crippen molar-refractivity contribution in [1.29, 1.82) is 0 Å². The lowest BCUT2D eigenvalue weighted by atomic mass is 10.3.